The van der Waals surface area contributed by atoms with Crippen LogP contribution in [0.3, 0.4) is 0 Å². The molecular formula is C24H24O11. The lowest BCUT2D eigenvalue weighted by atomic mass is 9.90. The highest BCUT2D eigenvalue weighted by Gasteiger charge is 2.45. The van der Waals surface area contributed by atoms with Crippen molar-refractivity contribution in [3.8, 4) is 34.1 Å². The predicted octanol–water partition coefficient (Wildman–Crippen LogP) is 0.721. The molecule has 0 spiro atoms. The SMILES string of the molecule is COc1c([C@@H]2O[C@H](CO)[C@@H](O)[C@H](O)[C@H]2O)cc2occ(-c3cccc4c3OCO4)c(=O)c2c1OC. The van der Waals surface area contributed by atoms with E-state index in [1.165, 1.54) is 26.5 Å². The summed E-state index contributed by atoms with van der Waals surface area (Å²) in [6, 6.07) is 6.60. The summed E-state index contributed by atoms with van der Waals surface area (Å²) < 4.78 is 33.5. The Balaban J connectivity index is 1.71. The molecule has 35 heavy (non-hydrogen) atoms. The summed E-state index contributed by atoms with van der Waals surface area (Å²) in [4.78, 5) is 13.6. The summed E-state index contributed by atoms with van der Waals surface area (Å²) in [6.07, 6.45) is -5.79. The minimum Gasteiger partial charge on any atom is -0.492 e. The summed E-state index contributed by atoms with van der Waals surface area (Å²) in [6.45, 7) is -0.565. The molecule has 0 amide bonds. The molecule has 3 aromatic rings. The van der Waals surface area contributed by atoms with Gasteiger partial charge in [0.05, 0.1) is 26.4 Å². The van der Waals surface area contributed by atoms with Crippen LogP contribution in [-0.4, -0.2) is 72.5 Å². The Morgan fingerprint density at radius 1 is 1.00 bits per heavy atom. The highest BCUT2D eigenvalue weighted by Crippen LogP contribution is 2.46. The fourth-order valence-corrected chi connectivity index (χ4v) is 4.56. The first-order valence-electron chi connectivity index (χ1n) is 10.8. The van der Waals surface area contributed by atoms with Crippen molar-refractivity contribution in [1.29, 1.82) is 0 Å². The maximum atomic E-state index is 13.6. The van der Waals surface area contributed by atoms with Crippen molar-refractivity contribution < 1.29 is 48.5 Å². The van der Waals surface area contributed by atoms with Gasteiger partial charge < -0.3 is 48.5 Å². The van der Waals surface area contributed by atoms with Gasteiger partial charge in [0.25, 0.3) is 0 Å². The normalized spacial score (nSPS) is 25.6. The van der Waals surface area contributed by atoms with Crippen LogP contribution >= 0.6 is 0 Å². The average molecular weight is 488 g/mol. The van der Waals surface area contributed by atoms with E-state index in [1.54, 1.807) is 18.2 Å². The summed E-state index contributed by atoms with van der Waals surface area (Å²) in [5, 5.41) is 40.7. The third kappa shape index (κ3) is 3.60. The molecule has 186 valence electrons. The molecule has 0 aliphatic carbocycles. The van der Waals surface area contributed by atoms with Crippen LogP contribution in [-0.2, 0) is 4.74 Å². The van der Waals surface area contributed by atoms with Gasteiger partial charge in [-0.15, -0.1) is 0 Å². The molecule has 5 rings (SSSR count). The van der Waals surface area contributed by atoms with Crippen molar-refractivity contribution in [3.63, 3.8) is 0 Å². The molecule has 11 heteroatoms. The minimum atomic E-state index is -1.60. The van der Waals surface area contributed by atoms with Crippen LogP contribution in [0, 0.1) is 0 Å². The number of aliphatic hydroxyl groups excluding tert-OH is 4. The first kappa shape index (κ1) is 23.4. The number of aliphatic hydroxyl groups is 4. The van der Waals surface area contributed by atoms with E-state index in [9.17, 15) is 25.2 Å². The maximum Gasteiger partial charge on any atom is 0.231 e. The van der Waals surface area contributed by atoms with E-state index in [1.807, 2.05) is 0 Å². The van der Waals surface area contributed by atoms with Gasteiger partial charge in [-0.25, -0.2) is 0 Å². The van der Waals surface area contributed by atoms with Gasteiger partial charge in [-0.3, -0.25) is 4.79 Å². The van der Waals surface area contributed by atoms with Crippen LogP contribution in [0.4, 0.5) is 0 Å². The molecular weight excluding hydrogens is 464 g/mol. The van der Waals surface area contributed by atoms with Crippen LogP contribution in [0.1, 0.15) is 11.7 Å². The van der Waals surface area contributed by atoms with Gasteiger partial charge in [-0.05, 0) is 12.1 Å². The van der Waals surface area contributed by atoms with E-state index in [4.69, 9.17) is 28.1 Å². The molecule has 3 heterocycles. The lowest BCUT2D eigenvalue weighted by molar-refractivity contribution is -0.232. The van der Waals surface area contributed by atoms with Crippen LogP contribution in [0.15, 0.2) is 39.7 Å². The summed E-state index contributed by atoms with van der Waals surface area (Å²) in [7, 11) is 2.69. The quantitative estimate of drug-likeness (QED) is 0.401. The predicted molar refractivity (Wildman–Crippen MR) is 120 cm³/mol. The van der Waals surface area contributed by atoms with Crippen molar-refractivity contribution in [2.75, 3.05) is 27.6 Å². The van der Waals surface area contributed by atoms with Gasteiger partial charge >= 0.3 is 0 Å². The molecule has 0 saturated carbocycles. The second-order valence-electron chi connectivity index (χ2n) is 8.17. The minimum absolute atomic E-state index is 0.0253. The van der Waals surface area contributed by atoms with E-state index in [-0.39, 0.29) is 40.4 Å². The Kier molecular flexibility index (Phi) is 6.03. The fourth-order valence-electron chi connectivity index (χ4n) is 4.56. The monoisotopic (exact) mass is 488 g/mol. The average Bonchev–Trinajstić information content (AvgIpc) is 3.36. The number of rotatable bonds is 5. The number of hydrogen-bond acceptors (Lipinski definition) is 11. The highest BCUT2D eigenvalue weighted by atomic mass is 16.7. The van der Waals surface area contributed by atoms with E-state index in [0.29, 0.717) is 17.1 Å². The zero-order chi connectivity index (χ0) is 24.9. The van der Waals surface area contributed by atoms with Gasteiger partial charge in [-0.2, -0.15) is 0 Å². The van der Waals surface area contributed by atoms with Gasteiger partial charge in [0, 0.05) is 11.1 Å². The highest BCUT2D eigenvalue weighted by molar-refractivity contribution is 5.91. The van der Waals surface area contributed by atoms with Gasteiger partial charge in [0.2, 0.25) is 12.2 Å². The van der Waals surface area contributed by atoms with Crippen molar-refractivity contribution in [3.05, 3.63) is 46.3 Å². The summed E-state index contributed by atoms with van der Waals surface area (Å²) >= 11 is 0. The molecule has 2 aliphatic rings. The van der Waals surface area contributed by atoms with E-state index in [0.717, 1.165) is 0 Å². The van der Waals surface area contributed by atoms with E-state index < -0.39 is 42.6 Å². The van der Waals surface area contributed by atoms with Crippen LogP contribution < -0.4 is 24.4 Å². The number of methoxy groups -OCH3 is 2. The molecule has 11 nitrogen and oxygen atoms in total. The van der Waals surface area contributed by atoms with Crippen molar-refractivity contribution in [1.82, 2.24) is 0 Å². The third-order valence-electron chi connectivity index (χ3n) is 6.30. The second kappa shape index (κ2) is 9.02. The lowest BCUT2D eigenvalue weighted by Crippen LogP contribution is -2.55. The smallest absolute Gasteiger partial charge is 0.231 e. The summed E-state index contributed by atoms with van der Waals surface area (Å²) in [5.74, 6) is 1.01. The topological polar surface area (TPSA) is 157 Å². The van der Waals surface area contributed by atoms with Crippen LogP contribution in [0.5, 0.6) is 23.0 Å². The number of fused-ring (bicyclic) bond motifs is 2. The summed E-state index contributed by atoms with van der Waals surface area (Å²) in [5.41, 5.74) is 0.566. The maximum absolute atomic E-state index is 13.6. The van der Waals surface area contributed by atoms with Gasteiger partial charge in [-0.1, -0.05) is 12.1 Å². The Hall–Kier alpha value is -3.35. The van der Waals surface area contributed by atoms with Gasteiger partial charge in [0.15, 0.2) is 23.0 Å². The number of hydrogen-bond donors (Lipinski definition) is 4. The van der Waals surface area contributed by atoms with Gasteiger partial charge in [0.1, 0.15) is 47.8 Å². The Morgan fingerprint density at radius 2 is 1.77 bits per heavy atom. The molecule has 0 radical (unpaired) electrons. The standard InChI is InChI=1S/C24H24O11/c1-30-23-11(22-20(29)19(28)18(27)15(7-25)35-22)6-14-16(24(23)31-2)17(26)12(8-32-14)10-4-3-5-13-21(10)34-9-33-13/h3-6,8,15,18-20,22,25,27-29H,7,9H2,1-2H3/t15-,18-,19+,20-,22+/m1/s1. The fraction of sp³-hybridized carbons (Fsp3) is 0.375. The molecule has 1 saturated heterocycles. The largest absolute Gasteiger partial charge is 0.492 e. The molecule has 2 aromatic carbocycles. The lowest BCUT2D eigenvalue weighted by Gasteiger charge is -2.40. The Labute approximate surface area is 198 Å². The molecule has 2 aliphatic heterocycles. The number of benzene rings is 2. The van der Waals surface area contributed by atoms with Crippen LogP contribution in [0.2, 0.25) is 0 Å². The first-order valence-corrected chi connectivity index (χ1v) is 10.8. The zero-order valence-electron chi connectivity index (χ0n) is 18.8. The molecule has 4 N–H and O–H groups in total. The third-order valence-corrected chi connectivity index (χ3v) is 6.30. The number of para-hydroxylation sites is 1. The Morgan fingerprint density at radius 3 is 2.49 bits per heavy atom. The van der Waals surface area contributed by atoms with E-state index >= 15 is 0 Å². The van der Waals surface area contributed by atoms with Crippen molar-refractivity contribution in [2.24, 2.45) is 0 Å². The number of ether oxygens (including phenoxy) is 5. The molecule has 0 unspecified atom stereocenters. The molecule has 0 bridgehead atoms. The zero-order valence-corrected chi connectivity index (χ0v) is 18.8. The van der Waals surface area contributed by atoms with Crippen molar-refractivity contribution in [2.45, 2.75) is 30.5 Å². The molecule has 1 fully saturated rings. The molecule has 1 aromatic heterocycles. The Bertz CT molecular complexity index is 1320. The molecule has 5 atom stereocenters. The second-order valence-corrected chi connectivity index (χ2v) is 8.17. The van der Waals surface area contributed by atoms with E-state index in [2.05, 4.69) is 0 Å². The first-order chi connectivity index (χ1) is 16.9. The van der Waals surface area contributed by atoms with Crippen LogP contribution in [0.25, 0.3) is 22.1 Å². The van der Waals surface area contributed by atoms with Crippen molar-refractivity contribution >= 4 is 11.0 Å².